The first-order valence-electron chi connectivity index (χ1n) is 9.49. The minimum absolute atomic E-state index is 0.334. The molecule has 6 heteroatoms. The van der Waals surface area contributed by atoms with Crippen molar-refractivity contribution in [3.63, 3.8) is 0 Å². The number of hydrogen-bond acceptors (Lipinski definition) is 5. The van der Waals surface area contributed by atoms with E-state index in [4.69, 9.17) is 16.3 Å². The van der Waals surface area contributed by atoms with Crippen molar-refractivity contribution in [3.05, 3.63) is 88.4 Å². The summed E-state index contributed by atoms with van der Waals surface area (Å²) in [6.07, 6.45) is 0. The zero-order chi connectivity index (χ0) is 21.1. The van der Waals surface area contributed by atoms with E-state index >= 15 is 0 Å². The maximum absolute atomic E-state index is 10.2. The van der Waals surface area contributed by atoms with Crippen LogP contribution in [-0.4, -0.2) is 20.1 Å². The molecular formula is C24H20ClN3O2. The minimum atomic E-state index is -0.334. The highest BCUT2D eigenvalue weighted by atomic mass is 35.5. The van der Waals surface area contributed by atoms with Gasteiger partial charge in [-0.2, -0.15) is 9.97 Å². The third kappa shape index (κ3) is 4.26. The SMILES string of the molecule is Cc1cccc(C)c1-c1nc(O)nc(-c2ccc(Cl)c(OCc3ccccc3)c2)n1. The van der Waals surface area contributed by atoms with Crippen LogP contribution >= 0.6 is 11.6 Å². The van der Waals surface area contributed by atoms with Gasteiger partial charge in [0.1, 0.15) is 12.4 Å². The lowest BCUT2D eigenvalue weighted by molar-refractivity contribution is 0.306. The molecule has 0 aliphatic heterocycles. The summed E-state index contributed by atoms with van der Waals surface area (Å²) >= 11 is 6.32. The number of aromatic nitrogens is 3. The molecule has 150 valence electrons. The molecule has 4 rings (SSSR count). The van der Waals surface area contributed by atoms with Crippen molar-refractivity contribution in [2.75, 3.05) is 0 Å². The molecule has 1 heterocycles. The number of aromatic hydroxyl groups is 1. The smallest absolute Gasteiger partial charge is 0.318 e. The van der Waals surface area contributed by atoms with Crippen molar-refractivity contribution in [2.45, 2.75) is 20.5 Å². The molecule has 0 unspecified atom stereocenters. The molecule has 0 aliphatic rings. The summed E-state index contributed by atoms with van der Waals surface area (Å²) in [5.74, 6) is 1.29. The number of ether oxygens (including phenoxy) is 1. The van der Waals surface area contributed by atoms with Gasteiger partial charge in [-0.3, -0.25) is 0 Å². The highest BCUT2D eigenvalue weighted by Crippen LogP contribution is 2.32. The van der Waals surface area contributed by atoms with Crippen molar-refractivity contribution >= 4 is 11.6 Å². The van der Waals surface area contributed by atoms with Gasteiger partial charge in [0.15, 0.2) is 11.6 Å². The van der Waals surface area contributed by atoms with Crippen LogP contribution < -0.4 is 4.74 Å². The Hall–Kier alpha value is -3.44. The molecule has 5 nitrogen and oxygen atoms in total. The van der Waals surface area contributed by atoms with E-state index in [1.807, 2.05) is 62.4 Å². The van der Waals surface area contributed by atoms with Gasteiger partial charge in [-0.25, -0.2) is 4.98 Å². The Morgan fingerprint density at radius 2 is 1.53 bits per heavy atom. The van der Waals surface area contributed by atoms with Gasteiger partial charge in [0.25, 0.3) is 0 Å². The zero-order valence-corrected chi connectivity index (χ0v) is 17.4. The van der Waals surface area contributed by atoms with Gasteiger partial charge in [0.05, 0.1) is 5.02 Å². The van der Waals surface area contributed by atoms with E-state index in [1.165, 1.54) is 0 Å². The van der Waals surface area contributed by atoms with Crippen LogP contribution in [0.25, 0.3) is 22.8 Å². The first kappa shape index (κ1) is 19.9. The average Bonchev–Trinajstić information content (AvgIpc) is 2.73. The summed E-state index contributed by atoms with van der Waals surface area (Å²) < 4.78 is 5.90. The largest absolute Gasteiger partial charge is 0.487 e. The van der Waals surface area contributed by atoms with E-state index in [-0.39, 0.29) is 6.01 Å². The average molecular weight is 418 g/mol. The fourth-order valence-electron chi connectivity index (χ4n) is 3.26. The zero-order valence-electron chi connectivity index (χ0n) is 16.6. The molecule has 0 saturated carbocycles. The number of hydrogen-bond donors (Lipinski definition) is 1. The second-order valence-corrected chi connectivity index (χ2v) is 7.38. The van der Waals surface area contributed by atoms with E-state index < -0.39 is 0 Å². The molecule has 0 spiro atoms. The van der Waals surface area contributed by atoms with E-state index in [0.29, 0.717) is 34.6 Å². The van der Waals surface area contributed by atoms with Crippen LogP contribution in [-0.2, 0) is 6.61 Å². The normalized spacial score (nSPS) is 10.8. The molecule has 0 aliphatic carbocycles. The quantitative estimate of drug-likeness (QED) is 0.447. The van der Waals surface area contributed by atoms with Crippen LogP contribution in [0.2, 0.25) is 5.02 Å². The molecule has 0 saturated heterocycles. The highest BCUT2D eigenvalue weighted by Gasteiger charge is 2.15. The van der Waals surface area contributed by atoms with Gasteiger partial charge in [0, 0.05) is 11.1 Å². The second kappa shape index (κ2) is 8.51. The lowest BCUT2D eigenvalue weighted by Gasteiger charge is -2.12. The van der Waals surface area contributed by atoms with Gasteiger partial charge in [0.2, 0.25) is 0 Å². The van der Waals surface area contributed by atoms with Gasteiger partial charge < -0.3 is 9.84 Å². The van der Waals surface area contributed by atoms with Crippen LogP contribution in [0.5, 0.6) is 11.8 Å². The van der Waals surface area contributed by atoms with E-state index in [2.05, 4.69) is 15.0 Å². The summed E-state index contributed by atoms with van der Waals surface area (Å²) in [4.78, 5) is 12.9. The minimum Gasteiger partial charge on any atom is -0.487 e. The summed E-state index contributed by atoms with van der Waals surface area (Å²) in [5.41, 5.74) is 4.64. The number of benzene rings is 3. The number of rotatable bonds is 5. The predicted molar refractivity (Wildman–Crippen MR) is 118 cm³/mol. The van der Waals surface area contributed by atoms with E-state index in [1.54, 1.807) is 18.2 Å². The maximum Gasteiger partial charge on any atom is 0.318 e. The number of nitrogens with zero attached hydrogens (tertiary/aromatic N) is 3. The molecule has 4 aromatic rings. The number of halogens is 1. The Bertz CT molecular complexity index is 1180. The fourth-order valence-corrected chi connectivity index (χ4v) is 3.43. The molecule has 1 N–H and O–H groups in total. The summed E-state index contributed by atoms with van der Waals surface area (Å²) in [5, 5.41) is 10.6. The molecule has 1 aromatic heterocycles. The molecule has 0 atom stereocenters. The summed E-state index contributed by atoms with van der Waals surface area (Å²) in [6.45, 7) is 4.36. The third-order valence-electron chi connectivity index (χ3n) is 4.75. The van der Waals surface area contributed by atoms with Crippen molar-refractivity contribution in [3.8, 4) is 34.5 Å². The van der Waals surface area contributed by atoms with E-state index in [9.17, 15) is 5.11 Å². The number of aryl methyl sites for hydroxylation is 2. The van der Waals surface area contributed by atoms with Gasteiger partial charge in [-0.05, 0) is 48.7 Å². The molecule has 0 bridgehead atoms. The second-order valence-electron chi connectivity index (χ2n) is 6.97. The first-order chi connectivity index (χ1) is 14.5. The predicted octanol–water partition coefficient (Wildman–Crippen LogP) is 5.76. The standard InChI is InChI=1S/C24H20ClN3O2/c1-15-7-6-8-16(2)21(15)23-26-22(27-24(29)28-23)18-11-12-19(25)20(13-18)30-14-17-9-4-3-5-10-17/h3-13H,14H2,1-2H3,(H,26,27,28,29). The van der Waals surface area contributed by atoms with Gasteiger partial charge in [-0.15, -0.1) is 0 Å². The van der Waals surface area contributed by atoms with Crippen LogP contribution in [0.4, 0.5) is 0 Å². The van der Waals surface area contributed by atoms with Crippen molar-refractivity contribution in [2.24, 2.45) is 0 Å². The van der Waals surface area contributed by atoms with Crippen LogP contribution in [0.3, 0.4) is 0 Å². The molecular weight excluding hydrogens is 398 g/mol. The first-order valence-corrected chi connectivity index (χ1v) is 9.87. The Morgan fingerprint density at radius 3 is 2.27 bits per heavy atom. The van der Waals surface area contributed by atoms with Crippen LogP contribution in [0.15, 0.2) is 66.7 Å². The Morgan fingerprint density at radius 1 is 0.833 bits per heavy atom. The highest BCUT2D eigenvalue weighted by molar-refractivity contribution is 6.32. The fraction of sp³-hybridized carbons (Fsp3) is 0.125. The monoisotopic (exact) mass is 417 g/mol. The van der Waals surface area contributed by atoms with Gasteiger partial charge in [-0.1, -0.05) is 60.1 Å². The van der Waals surface area contributed by atoms with E-state index in [0.717, 1.165) is 22.3 Å². The van der Waals surface area contributed by atoms with Crippen molar-refractivity contribution < 1.29 is 9.84 Å². The Kier molecular flexibility index (Phi) is 5.63. The molecule has 0 radical (unpaired) electrons. The van der Waals surface area contributed by atoms with Gasteiger partial charge >= 0.3 is 6.01 Å². The topological polar surface area (TPSA) is 68.1 Å². The lowest BCUT2D eigenvalue weighted by atomic mass is 10.0. The Balaban J connectivity index is 1.70. The Labute approximate surface area is 180 Å². The van der Waals surface area contributed by atoms with Crippen molar-refractivity contribution in [1.29, 1.82) is 0 Å². The lowest BCUT2D eigenvalue weighted by Crippen LogP contribution is -2.00. The van der Waals surface area contributed by atoms with Crippen LogP contribution in [0.1, 0.15) is 16.7 Å². The molecule has 0 fully saturated rings. The molecule has 0 amide bonds. The van der Waals surface area contributed by atoms with Crippen molar-refractivity contribution in [1.82, 2.24) is 15.0 Å². The van der Waals surface area contributed by atoms with Crippen LogP contribution in [0, 0.1) is 13.8 Å². The summed E-state index contributed by atoms with van der Waals surface area (Å²) in [7, 11) is 0. The maximum atomic E-state index is 10.2. The summed E-state index contributed by atoms with van der Waals surface area (Å²) in [6, 6.07) is 20.8. The molecule has 30 heavy (non-hydrogen) atoms. The molecule has 3 aromatic carbocycles. The third-order valence-corrected chi connectivity index (χ3v) is 5.07.